The van der Waals surface area contributed by atoms with Crippen LogP contribution in [-0.4, -0.2) is 14.9 Å². The second-order valence-electron chi connectivity index (χ2n) is 3.43. The first-order valence-corrected chi connectivity index (χ1v) is 5.89. The number of rotatable bonds is 3. The number of hydrogen-bond donors (Lipinski definition) is 0. The summed E-state index contributed by atoms with van der Waals surface area (Å²) in [6.45, 7) is 2.06. The molecule has 2 heterocycles. The van der Waals surface area contributed by atoms with E-state index in [1.165, 1.54) is 5.56 Å². The van der Waals surface area contributed by atoms with Crippen molar-refractivity contribution in [3.05, 3.63) is 33.0 Å². The van der Waals surface area contributed by atoms with Gasteiger partial charge in [0, 0.05) is 31.3 Å². The molecule has 0 saturated heterocycles. The van der Waals surface area contributed by atoms with Crippen molar-refractivity contribution in [2.75, 3.05) is 0 Å². The van der Waals surface area contributed by atoms with Gasteiger partial charge in [0.15, 0.2) is 0 Å². The predicted molar refractivity (Wildman–Crippen MR) is 64.6 cm³/mol. The molecule has 4 nitrogen and oxygen atoms in total. The van der Waals surface area contributed by atoms with Crippen LogP contribution in [0.2, 0.25) is 0 Å². The third kappa shape index (κ3) is 2.39. The summed E-state index contributed by atoms with van der Waals surface area (Å²) in [5.41, 5.74) is 2.18. The highest BCUT2D eigenvalue weighted by Gasteiger charge is 2.09. The summed E-state index contributed by atoms with van der Waals surface area (Å²) < 4.78 is 8.07. The number of halogens is 1. The molecule has 2 aromatic rings. The Hall–Kier alpha value is -0.850. The zero-order chi connectivity index (χ0) is 10.8. The van der Waals surface area contributed by atoms with Crippen molar-refractivity contribution < 1.29 is 4.52 Å². The first-order valence-electron chi connectivity index (χ1n) is 4.81. The fourth-order valence-electron chi connectivity index (χ4n) is 1.42. The third-order valence-electron chi connectivity index (χ3n) is 2.19. The summed E-state index contributed by atoms with van der Waals surface area (Å²) in [7, 11) is 1.92. The Bertz CT molecular complexity index is 461. The van der Waals surface area contributed by atoms with Gasteiger partial charge in [-0.05, 0) is 29.0 Å². The van der Waals surface area contributed by atoms with Gasteiger partial charge in [0.25, 0.3) is 0 Å². The smallest absolute Gasteiger partial charge is 0.141 e. The molecule has 15 heavy (non-hydrogen) atoms. The van der Waals surface area contributed by atoms with E-state index in [-0.39, 0.29) is 0 Å². The Morgan fingerprint density at radius 2 is 2.33 bits per heavy atom. The Labute approximate surface area is 102 Å². The number of nitrogens with zero attached hydrogens (tertiary/aromatic N) is 3. The first-order chi connectivity index (χ1) is 7.19. The van der Waals surface area contributed by atoms with Crippen molar-refractivity contribution in [2.45, 2.75) is 19.8 Å². The van der Waals surface area contributed by atoms with Crippen LogP contribution < -0.4 is 0 Å². The zero-order valence-electron chi connectivity index (χ0n) is 8.70. The van der Waals surface area contributed by atoms with Gasteiger partial charge in [-0.25, -0.2) is 0 Å². The van der Waals surface area contributed by atoms with Crippen molar-refractivity contribution in [2.24, 2.45) is 7.05 Å². The molecule has 80 valence electrons. The Kier molecular flexibility index (Phi) is 3.08. The molecule has 0 aliphatic rings. The lowest BCUT2D eigenvalue weighted by Crippen LogP contribution is -1.86. The topological polar surface area (TPSA) is 43.9 Å². The van der Waals surface area contributed by atoms with Crippen molar-refractivity contribution in [3.8, 4) is 0 Å². The highest BCUT2D eigenvalue weighted by Crippen LogP contribution is 2.15. The minimum absolute atomic E-state index is 0.763. The lowest BCUT2D eigenvalue weighted by atomic mass is 10.2. The Morgan fingerprint density at radius 1 is 1.53 bits per heavy atom. The van der Waals surface area contributed by atoms with Crippen molar-refractivity contribution in [3.63, 3.8) is 0 Å². The van der Waals surface area contributed by atoms with E-state index in [2.05, 4.69) is 39.8 Å². The maximum absolute atomic E-state index is 5.23. The van der Waals surface area contributed by atoms with Gasteiger partial charge in [-0.15, -0.1) is 0 Å². The SMILES string of the molecule is CCc1cc(Cc2cn(C)nc2I)on1. The van der Waals surface area contributed by atoms with E-state index >= 15 is 0 Å². The van der Waals surface area contributed by atoms with Gasteiger partial charge in [-0.3, -0.25) is 4.68 Å². The standard InChI is InChI=1S/C10H12IN3O/c1-3-8-5-9(15-13-8)4-7-6-14(2)12-10(7)11/h5-6H,3-4H2,1-2H3. The third-order valence-corrected chi connectivity index (χ3v) is 3.10. The van der Waals surface area contributed by atoms with E-state index in [4.69, 9.17) is 4.52 Å². The molecular weight excluding hydrogens is 305 g/mol. The minimum atomic E-state index is 0.763. The van der Waals surface area contributed by atoms with Crippen LogP contribution in [0, 0.1) is 3.70 Å². The summed E-state index contributed by atoms with van der Waals surface area (Å²) >= 11 is 2.23. The summed E-state index contributed by atoms with van der Waals surface area (Å²) in [5, 5.41) is 8.24. The van der Waals surface area contributed by atoms with Gasteiger partial charge >= 0.3 is 0 Å². The predicted octanol–water partition coefficient (Wildman–Crippen LogP) is 2.17. The van der Waals surface area contributed by atoms with Crippen LogP contribution in [0.1, 0.15) is 23.9 Å². The van der Waals surface area contributed by atoms with Gasteiger partial charge in [-0.1, -0.05) is 12.1 Å². The van der Waals surface area contributed by atoms with Gasteiger partial charge in [0.1, 0.15) is 9.46 Å². The number of hydrogen-bond acceptors (Lipinski definition) is 3. The molecule has 0 aromatic carbocycles. The largest absolute Gasteiger partial charge is 0.361 e. The molecular formula is C10H12IN3O. The van der Waals surface area contributed by atoms with E-state index in [0.29, 0.717) is 0 Å². The monoisotopic (exact) mass is 317 g/mol. The molecule has 0 spiro atoms. The molecule has 0 radical (unpaired) electrons. The van der Waals surface area contributed by atoms with Crippen LogP contribution in [0.4, 0.5) is 0 Å². The van der Waals surface area contributed by atoms with E-state index in [1.807, 2.05) is 24.0 Å². The van der Waals surface area contributed by atoms with Crippen molar-refractivity contribution in [1.29, 1.82) is 0 Å². The van der Waals surface area contributed by atoms with Crippen LogP contribution in [0.25, 0.3) is 0 Å². The molecule has 2 rings (SSSR count). The van der Waals surface area contributed by atoms with Gasteiger partial charge in [0.05, 0.1) is 5.69 Å². The molecule has 0 bridgehead atoms. The molecule has 0 saturated carbocycles. The molecule has 0 unspecified atom stereocenters. The Morgan fingerprint density at radius 3 is 2.87 bits per heavy atom. The molecule has 2 aromatic heterocycles. The van der Waals surface area contributed by atoms with E-state index < -0.39 is 0 Å². The van der Waals surface area contributed by atoms with E-state index in [0.717, 1.165) is 28.0 Å². The molecule has 0 aliphatic heterocycles. The lowest BCUT2D eigenvalue weighted by Gasteiger charge is -1.90. The van der Waals surface area contributed by atoms with Crippen molar-refractivity contribution >= 4 is 22.6 Å². The number of aromatic nitrogens is 3. The van der Waals surface area contributed by atoms with Crippen LogP contribution in [0.15, 0.2) is 16.8 Å². The second-order valence-corrected chi connectivity index (χ2v) is 4.46. The van der Waals surface area contributed by atoms with Crippen LogP contribution in [0.5, 0.6) is 0 Å². The fourth-order valence-corrected chi connectivity index (χ4v) is 2.09. The van der Waals surface area contributed by atoms with Gasteiger partial charge in [0.2, 0.25) is 0 Å². The second kappa shape index (κ2) is 4.34. The Balaban J connectivity index is 2.17. The minimum Gasteiger partial charge on any atom is -0.361 e. The molecule has 0 fully saturated rings. The maximum Gasteiger partial charge on any atom is 0.141 e. The summed E-state index contributed by atoms with van der Waals surface area (Å²) in [4.78, 5) is 0. The lowest BCUT2D eigenvalue weighted by molar-refractivity contribution is 0.383. The number of aryl methyl sites for hydroxylation is 2. The highest BCUT2D eigenvalue weighted by atomic mass is 127. The zero-order valence-corrected chi connectivity index (χ0v) is 10.9. The summed E-state index contributed by atoms with van der Waals surface area (Å²) in [5.74, 6) is 0.901. The van der Waals surface area contributed by atoms with Crippen molar-refractivity contribution in [1.82, 2.24) is 14.9 Å². The van der Waals surface area contributed by atoms with E-state index in [9.17, 15) is 0 Å². The molecule has 0 amide bonds. The normalized spacial score (nSPS) is 10.9. The van der Waals surface area contributed by atoms with Crippen LogP contribution >= 0.6 is 22.6 Å². The molecule has 0 N–H and O–H groups in total. The summed E-state index contributed by atoms with van der Waals surface area (Å²) in [6, 6.07) is 2.00. The van der Waals surface area contributed by atoms with Gasteiger partial charge in [-0.2, -0.15) is 5.10 Å². The quantitative estimate of drug-likeness (QED) is 0.815. The molecule has 0 atom stereocenters. The fraction of sp³-hybridized carbons (Fsp3) is 0.400. The average Bonchev–Trinajstić information content (AvgIpc) is 2.75. The first kappa shape index (κ1) is 10.7. The maximum atomic E-state index is 5.23. The average molecular weight is 317 g/mol. The highest BCUT2D eigenvalue weighted by molar-refractivity contribution is 14.1. The molecule has 0 aliphatic carbocycles. The van der Waals surface area contributed by atoms with Crippen LogP contribution in [0.3, 0.4) is 0 Å². The van der Waals surface area contributed by atoms with Gasteiger partial charge < -0.3 is 4.52 Å². The van der Waals surface area contributed by atoms with E-state index in [1.54, 1.807) is 0 Å². The van der Waals surface area contributed by atoms with Crippen LogP contribution in [-0.2, 0) is 19.9 Å². The summed E-state index contributed by atoms with van der Waals surface area (Å²) in [6.07, 6.45) is 3.68. The molecule has 5 heteroatoms.